The Morgan fingerprint density at radius 1 is 1.31 bits per heavy atom. The van der Waals surface area contributed by atoms with Crippen LogP contribution in [0, 0.1) is 13.8 Å². The number of benzene rings is 1. The van der Waals surface area contributed by atoms with E-state index in [9.17, 15) is 8.42 Å². The molecule has 3 nitrogen and oxygen atoms in total. The molecule has 0 heterocycles. The zero-order chi connectivity index (χ0) is 10.2. The minimum atomic E-state index is -4.13. The maximum Gasteiger partial charge on any atom is 0.294 e. The van der Waals surface area contributed by atoms with E-state index in [1.165, 1.54) is 6.07 Å². The predicted octanol–water partition coefficient (Wildman–Crippen LogP) is 0.344. The van der Waals surface area contributed by atoms with Crippen molar-refractivity contribution in [2.75, 3.05) is 0 Å². The number of aryl methyl sites for hydroxylation is 2. The van der Waals surface area contributed by atoms with Gasteiger partial charge in [0, 0.05) is 0 Å². The third-order valence-corrected chi connectivity index (χ3v) is 3.44. The fraction of sp³-hybridized carbons (Fsp3) is 0.250. The average molecular weight is 213 g/mol. The molecule has 0 aliphatic carbocycles. The van der Waals surface area contributed by atoms with Gasteiger partial charge in [0.15, 0.2) is 0 Å². The van der Waals surface area contributed by atoms with Gasteiger partial charge in [0.1, 0.15) is 0 Å². The van der Waals surface area contributed by atoms with Crippen molar-refractivity contribution in [2.24, 2.45) is 0 Å². The van der Waals surface area contributed by atoms with Crippen LogP contribution in [-0.2, 0) is 10.1 Å². The highest BCUT2D eigenvalue weighted by Gasteiger charge is 2.14. The van der Waals surface area contributed by atoms with Gasteiger partial charge in [-0.05, 0) is 30.7 Å². The first-order valence-corrected chi connectivity index (χ1v) is 5.56. The average Bonchev–Trinajstić information content (AvgIpc) is 1.94. The van der Waals surface area contributed by atoms with Gasteiger partial charge in [0.2, 0.25) is 0 Å². The molecular weight excluding hydrogens is 204 g/mol. The molecule has 0 aromatic heterocycles. The summed E-state index contributed by atoms with van der Waals surface area (Å²) in [5, 5.41) is 0.410. The van der Waals surface area contributed by atoms with E-state index in [1.54, 1.807) is 13.8 Å². The van der Waals surface area contributed by atoms with Gasteiger partial charge >= 0.3 is 0 Å². The van der Waals surface area contributed by atoms with Gasteiger partial charge in [-0.25, -0.2) is 0 Å². The molecule has 1 N–H and O–H groups in total. The summed E-state index contributed by atoms with van der Waals surface area (Å²) < 4.78 is 30.6. The van der Waals surface area contributed by atoms with Crippen LogP contribution in [0.2, 0.25) is 0 Å². The molecule has 0 unspecified atom stereocenters. The van der Waals surface area contributed by atoms with E-state index in [0.717, 1.165) is 11.1 Å². The molecule has 0 saturated carbocycles. The molecule has 0 aliphatic heterocycles. The Bertz CT molecular complexity index is 437. The Hall–Kier alpha value is -0.653. The molecule has 13 heavy (non-hydrogen) atoms. The molecule has 5 heteroatoms. The fourth-order valence-corrected chi connectivity index (χ4v) is 2.42. The molecule has 1 rings (SSSR count). The molecular formula is C8H9O3SSi. The van der Waals surface area contributed by atoms with Gasteiger partial charge in [-0.15, -0.1) is 0 Å². The largest absolute Gasteiger partial charge is 0.294 e. The van der Waals surface area contributed by atoms with E-state index >= 15 is 0 Å². The SMILES string of the molecule is Cc1cc(C)c([Si])c(S(=O)(=O)O)c1. The van der Waals surface area contributed by atoms with Crippen molar-refractivity contribution in [3.05, 3.63) is 23.3 Å². The van der Waals surface area contributed by atoms with Gasteiger partial charge in [-0.3, -0.25) is 4.55 Å². The third kappa shape index (κ3) is 2.18. The second-order valence-electron chi connectivity index (χ2n) is 2.93. The molecule has 0 aliphatic rings. The minimum absolute atomic E-state index is 0.0818. The Morgan fingerprint density at radius 3 is 2.31 bits per heavy atom. The van der Waals surface area contributed by atoms with Crippen molar-refractivity contribution < 1.29 is 13.0 Å². The molecule has 1 aromatic rings. The summed E-state index contributed by atoms with van der Waals surface area (Å²) in [4.78, 5) is -0.0818. The van der Waals surface area contributed by atoms with E-state index < -0.39 is 10.1 Å². The van der Waals surface area contributed by atoms with Crippen LogP contribution in [0.4, 0.5) is 0 Å². The van der Waals surface area contributed by atoms with Crippen LogP contribution < -0.4 is 5.19 Å². The van der Waals surface area contributed by atoms with Crippen molar-refractivity contribution in [3.63, 3.8) is 0 Å². The molecule has 3 radical (unpaired) electrons. The fourth-order valence-electron chi connectivity index (χ4n) is 1.13. The van der Waals surface area contributed by atoms with Crippen LogP contribution in [0.3, 0.4) is 0 Å². The van der Waals surface area contributed by atoms with Crippen molar-refractivity contribution >= 4 is 25.5 Å². The number of rotatable bonds is 1. The van der Waals surface area contributed by atoms with Crippen molar-refractivity contribution in [2.45, 2.75) is 18.7 Å². The highest BCUT2D eigenvalue weighted by molar-refractivity contribution is 7.86. The van der Waals surface area contributed by atoms with Crippen LogP contribution in [0.1, 0.15) is 11.1 Å². The van der Waals surface area contributed by atoms with Crippen molar-refractivity contribution in [1.82, 2.24) is 0 Å². The Balaban J connectivity index is 3.56. The molecule has 0 atom stereocenters. The van der Waals surface area contributed by atoms with Gasteiger partial charge in [-0.2, -0.15) is 8.42 Å². The number of hydrogen-bond donors (Lipinski definition) is 1. The summed E-state index contributed by atoms with van der Waals surface area (Å²) in [6.07, 6.45) is 0. The monoisotopic (exact) mass is 213 g/mol. The maximum atomic E-state index is 10.9. The van der Waals surface area contributed by atoms with E-state index in [2.05, 4.69) is 10.2 Å². The van der Waals surface area contributed by atoms with Gasteiger partial charge < -0.3 is 0 Å². The predicted molar refractivity (Wildman–Crippen MR) is 51.1 cm³/mol. The first-order chi connectivity index (χ1) is 5.82. The molecule has 0 fully saturated rings. The van der Waals surface area contributed by atoms with E-state index in [1.807, 2.05) is 6.07 Å². The second-order valence-corrected chi connectivity index (χ2v) is 4.82. The standard InChI is InChI=1S/C8H9O3SSi/c1-5-3-6(2)8(13)7(4-5)12(9,10)11/h3-4H,1-2H3,(H,9,10,11). The molecule has 1 aromatic carbocycles. The zero-order valence-corrected chi connectivity index (χ0v) is 9.14. The second kappa shape index (κ2) is 3.25. The molecule has 69 valence electrons. The highest BCUT2D eigenvalue weighted by Crippen LogP contribution is 2.10. The zero-order valence-electron chi connectivity index (χ0n) is 7.33. The van der Waals surface area contributed by atoms with Crippen LogP contribution >= 0.6 is 0 Å². The first kappa shape index (κ1) is 10.4. The minimum Gasteiger partial charge on any atom is -0.282 e. The summed E-state index contributed by atoms with van der Waals surface area (Å²) in [5.74, 6) is 0. The Morgan fingerprint density at radius 2 is 1.85 bits per heavy atom. The summed E-state index contributed by atoms with van der Waals surface area (Å²) in [5.41, 5.74) is 1.58. The normalized spacial score (nSPS) is 11.7. The van der Waals surface area contributed by atoms with Gasteiger partial charge in [0.25, 0.3) is 10.1 Å². The molecule has 0 amide bonds. The Kier molecular flexibility index (Phi) is 2.60. The summed E-state index contributed by atoms with van der Waals surface area (Å²) in [7, 11) is -0.963. The lowest BCUT2D eigenvalue weighted by molar-refractivity contribution is 0.483. The van der Waals surface area contributed by atoms with Crippen LogP contribution in [-0.4, -0.2) is 23.2 Å². The number of hydrogen-bond acceptors (Lipinski definition) is 2. The molecule has 0 spiro atoms. The lowest BCUT2D eigenvalue weighted by Crippen LogP contribution is -2.18. The van der Waals surface area contributed by atoms with Crippen LogP contribution in [0.15, 0.2) is 17.0 Å². The summed E-state index contributed by atoms with van der Waals surface area (Å²) in [6.45, 7) is 3.54. The highest BCUT2D eigenvalue weighted by atomic mass is 32.2. The van der Waals surface area contributed by atoms with Crippen LogP contribution in [0.25, 0.3) is 0 Å². The van der Waals surface area contributed by atoms with Crippen molar-refractivity contribution in [3.8, 4) is 0 Å². The van der Waals surface area contributed by atoms with Gasteiger partial charge in [-0.1, -0.05) is 11.6 Å². The summed E-state index contributed by atoms with van der Waals surface area (Å²) in [6, 6.07) is 3.25. The third-order valence-electron chi connectivity index (χ3n) is 1.72. The van der Waals surface area contributed by atoms with Crippen LogP contribution in [0.5, 0.6) is 0 Å². The lowest BCUT2D eigenvalue weighted by Gasteiger charge is -2.06. The smallest absolute Gasteiger partial charge is 0.282 e. The van der Waals surface area contributed by atoms with E-state index in [4.69, 9.17) is 4.55 Å². The van der Waals surface area contributed by atoms with E-state index in [-0.39, 0.29) is 4.90 Å². The Labute approximate surface area is 81.0 Å². The molecule has 0 saturated heterocycles. The topological polar surface area (TPSA) is 54.4 Å². The van der Waals surface area contributed by atoms with Crippen molar-refractivity contribution in [1.29, 1.82) is 0 Å². The summed E-state index contributed by atoms with van der Waals surface area (Å²) >= 11 is 0. The first-order valence-electron chi connectivity index (χ1n) is 3.62. The van der Waals surface area contributed by atoms with E-state index in [0.29, 0.717) is 5.19 Å². The molecule has 0 bridgehead atoms. The quantitative estimate of drug-likeness (QED) is 0.541. The lowest BCUT2D eigenvalue weighted by atomic mass is 10.2. The van der Waals surface area contributed by atoms with Gasteiger partial charge in [0.05, 0.1) is 15.1 Å². The maximum absolute atomic E-state index is 10.9.